The number of aromatic nitrogens is 4. The number of halogens is 1. The third-order valence-corrected chi connectivity index (χ3v) is 5.03. The number of benzene rings is 1. The average Bonchev–Trinajstić information content (AvgIpc) is 3.13. The van der Waals surface area contributed by atoms with Crippen molar-refractivity contribution in [1.82, 2.24) is 25.1 Å². The second-order valence-electron chi connectivity index (χ2n) is 6.53. The highest BCUT2D eigenvalue weighted by atomic mass is 35.5. The van der Waals surface area contributed by atoms with E-state index in [1.165, 1.54) is 9.70 Å². The minimum absolute atomic E-state index is 0.00861. The molecule has 1 aromatic carbocycles. The monoisotopic (exact) mass is 393 g/mol. The Morgan fingerprint density at radius 3 is 2.44 bits per heavy atom. The third kappa shape index (κ3) is 3.93. The highest BCUT2D eigenvalue weighted by Crippen LogP contribution is 2.25. The normalized spacial score (nSPS) is 17.5. The van der Waals surface area contributed by atoms with Gasteiger partial charge in [-0.2, -0.15) is 4.80 Å². The molecule has 10 heteroatoms. The summed E-state index contributed by atoms with van der Waals surface area (Å²) in [4.78, 5) is 26.8. The van der Waals surface area contributed by atoms with E-state index in [1.54, 1.807) is 24.3 Å². The number of aliphatic hydroxyl groups is 1. The van der Waals surface area contributed by atoms with E-state index in [9.17, 15) is 14.7 Å². The maximum atomic E-state index is 12.9. The number of nitrogens with zero attached hydrogens (tertiary/aromatic N) is 5. The smallest absolute Gasteiger partial charge is 0.335 e. The fourth-order valence-corrected chi connectivity index (χ4v) is 3.16. The summed E-state index contributed by atoms with van der Waals surface area (Å²) in [5.74, 6) is -1.09. The lowest BCUT2D eigenvalue weighted by Gasteiger charge is -2.36. The van der Waals surface area contributed by atoms with Crippen molar-refractivity contribution >= 4 is 23.5 Å². The topological polar surface area (TPSA) is 121 Å². The molecule has 0 aliphatic carbocycles. The number of amides is 1. The molecule has 3 rings (SSSR count). The van der Waals surface area contributed by atoms with E-state index >= 15 is 0 Å². The highest BCUT2D eigenvalue weighted by Gasteiger charge is 2.41. The number of carboxylic acid groups (broad SMARTS) is 1. The molecular weight excluding hydrogens is 374 g/mol. The van der Waals surface area contributed by atoms with Crippen LogP contribution < -0.4 is 0 Å². The fraction of sp³-hybridized carbons (Fsp3) is 0.471. The molecule has 1 aliphatic heterocycles. The number of carboxylic acids is 1. The molecule has 1 aromatic heterocycles. The Balaban J connectivity index is 1.73. The molecule has 1 saturated heterocycles. The van der Waals surface area contributed by atoms with Crippen LogP contribution in [0.3, 0.4) is 0 Å². The van der Waals surface area contributed by atoms with Gasteiger partial charge in [-0.15, -0.1) is 10.2 Å². The van der Waals surface area contributed by atoms with E-state index in [1.807, 2.05) is 6.92 Å². The van der Waals surface area contributed by atoms with Gasteiger partial charge in [-0.3, -0.25) is 4.79 Å². The molecule has 9 nitrogen and oxygen atoms in total. The molecule has 0 bridgehead atoms. The van der Waals surface area contributed by atoms with Crippen LogP contribution in [0.25, 0.3) is 11.4 Å². The van der Waals surface area contributed by atoms with Crippen LogP contribution in [0.4, 0.5) is 0 Å². The Kier molecular flexibility index (Phi) is 5.43. The Labute approximate surface area is 160 Å². The van der Waals surface area contributed by atoms with Crippen LogP contribution in [0.5, 0.6) is 0 Å². The van der Waals surface area contributed by atoms with E-state index in [0.717, 1.165) is 5.56 Å². The number of tetrazole rings is 1. The summed E-state index contributed by atoms with van der Waals surface area (Å²) >= 11 is 5.88. The highest BCUT2D eigenvalue weighted by molar-refractivity contribution is 6.30. The zero-order chi connectivity index (χ0) is 19.6. The lowest BCUT2D eigenvalue weighted by molar-refractivity contribution is -0.166. The second-order valence-corrected chi connectivity index (χ2v) is 6.96. The van der Waals surface area contributed by atoms with Gasteiger partial charge in [-0.05, 0) is 35.9 Å². The number of aliphatic carboxylic acids is 1. The number of hydrogen-bond donors (Lipinski definition) is 2. The quantitative estimate of drug-likeness (QED) is 0.786. The molecule has 1 unspecified atom stereocenters. The van der Waals surface area contributed by atoms with Gasteiger partial charge in [0.2, 0.25) is 11.7 Å². The summed E-state index contributed by atoms with van der Waals surface area (Å²) in [5, 5.41) is 32.0. The van der Waals surface area contributed by atoms with Gasteiger partial charge in [0.1, 0.15) is 0 Å². The van der Waals surface area contributed by atoms with Crippen molar-refractivity contribution in [3.8, 4) is 11.4 Å². The molecule has 1 atom stereocenters. The molecule has 2 aromatic rings. The van der Waals surface area contributed by atoms with Crippen LogP contribution in [0, 0.1) is 0 Å². The number of carbonyl (C=O) groups is 2. The summed E-state index contributed by atoms with van der Waals surface area (Å²) in [7, 11) is 0. The van der Waals surface area contributed by atoms with Crippen LogP contribution >= 0.6 is 11.6 Å². The second kappa shape index (κ2) is 7.61. The first kappa shape index (κ1) is 19.2. The van der Waals surface area contributed by atoms with Gasteiger partial charge in [-0.1, -0.05) is 18.5 Å². The molecule has 2 N–H and O–H groups in total. The van der Waals surface area contributed by atoms with Crippen LogP contribution in [0.15, 0.2) is 24.3 Å². The van der Waals surface area contributed by atoms with Crippen LogP contribution in [-0.4, -0.2) is 65.9 Å². The van der Waals surface area contributed by atoms with Crippen molar-refractivity contribution in [3.63, 3.8) is 0 Å². The van der Waals surface area contributed by atoms with Gasteiger partial charge >= 0.3 is 5.97 Å². The summed E-state index contributed by atoms with van der Waals surface area (Å²) < 4.78 is 0. The summed E-state index contributed by atoms with van der Waals surface area (Å²) in [6.45, 7) is 2.17. The Morgan fingerprint density at radius 1 is 1.26 bits per heavy atom. The first-order valence-corrected chi connectivity index (χ1v) is 9.02. The third-order valence-electron chi connectivity index (χ3n) is 4.78. The van der Waals surface area contributed by atoms with E-state index < -0.39 is 17.6 Å². The molecular formula is C17H20ClN5O4. The van der Waals surface area contributed by atoms with Crippen LogP contribution in [0.1, 0.15) is 32.2 Å². The van der Waals surface area contributed by atoms with Crippen molar-refractivity contribution in [2.75, 3.05) is 13.1 Å². The lowest BCUT2D eigenvalue weighted by Crippen LogP contribution is -2.52. The van der Waals surface area contributed by atoms with Crippen molar-refractivity contribution in [3.05, 3.63) is 29.3 Å². The first-order chi connectivity index (χ1) is 12.8. The molecule has 0 radical (unpaired) electrons. The number of hydrogen-bond acceptors (Lipinski definition) is 6. The molecule has 1 aliphatic rings. The van der Waals surface area contributed by atoms with E-state index in [-0.39, 0.29) is 31.8 Å². The number of rotatable bonds is 5. The predicted molar refractivity (Wildman–Crippen MR) is 96.0 cm³/mol. The Morgan fingerprint density at radius 2 is 1.89 bits per heavy atom. The van der Waals surface area contributed by atoms with E-state index in [4.69, 9.17) is 16.7 Å². The zero-order valence-electron chi connectivity index (χ0n) is 14.7. The molecule has 1 amide bonds. The van der Waals surface area contributed by atoms with Gasteiger partial charge in [0.15, 0.2) is 11.6 Å². The van der Waals surface area contributed by atoms with Gasteiger partial charge in [0.25, 0.3) is 0 Å². The number of piperidine rings is 1. The van der Waals surface area contributed by atoms with Crippen molar-refractivity contribution in [1.29, 1.82) is 0 Å². The maximum Gasteiger partial charge on any atom is 0.335 e. The Hall–Kier alpha value is -2.52. The molecule has 1 fully saturated rings. The van der Waals surface area contributed by atoms with Crippen molar-refractivity contribution in [2.24, 2.45) is 0 Å². The minimum atomic E-state index is -1.77. The molecule has 2 heterocycles. The first-order valence-electron chi connectivity index (χ1n) is 8.64. The average molecular weight is 394 g/mol. The molecule has 144 valence electrons. The summed E-state index contributed by atoms with van der Waals surface area (Å²) in [6.07, 6.45) is 0.436. The van der Waals surface area contributed by atoms with Gasteiger partial charge in [-0.25, -0.2) is 4.79 Å². The molecule has 0 saturated carbocycles. The SMILES string of the molecule is CCC(C(=O)N1CCC(O)(C(=O)O)CC1)n1nnc(-c2ccc(Cl)cc2)n1. The lowest BCUT2D eigenvalue weighted by atomic mass is 9.91. The summed E-state index contributed by atoms with van der Waals surface area (Å²) in [6, 6.07) is 6.33. The van der Waals surface area contributed by atoms with Gasteiger partial charge < -0.3 is 15.1 Å². The number of carbonyl (C=O) groups excluding carboxylic acids is 1. The van der Waals surface area contributed by atoms with Crippen molar-refractivity contribution in [2.45, 2.75) is 37.8 Å². The van der Waals surface area contributed by atoms with Gasteiger partial charge in [0.05, 0.1) is 0 Å². The largest absolute Gasteiger partial charge is 0.479 e. The minimum Gasteiger partial charge on any atom is -0.479 e. The standard InChI is InChI=1S/C17H20ClN5O4/c1-2-13(15(24)22-9-7-17(27,8-10-22)16(25)26)23-20-14(19-21-23)11-3-5-12(18)6-4-11/h3-6,13,27H,2,7-10H2,1H3,(H,25,26). The molecule has 27 heavy (non-hydrogen) atoms. The van der Waals surface area contributed by atoms with Crippen LogP contribution in [-0.2, 0) is 9.59 Å². The van der Waals surface area contributed by atoms with Gasteiger partial charge in [0, 0.05) is 36.5 Å². The zero-order valence-corrected chi connectivity index (χ0v) is 15.5. The molecule has 0 spiro atoms. The number of likely N-dealkylation sites (tertiary alicyclic amines) is 1. The van der Waals surface area contributed by atoms with E-state index in [0.29, 0.717) is 17.3 Å². The van der Waals surface area contributed by atoms with Crippen LogP contribution in [0.2, 0.25) is 5.02 Å². The van der Waals surface area contributed by atoms with E-state index in [2.05, 4.69) is 15.4 Å². The fourth-order valence-electron chi connectivity index (χ4n) is 3.03. The maximum absolute atomic E-state index is 12.9. The van der Waals surface area contributed by atoms with Crippen molar-refractivity contribution < 1.29 is 19.8 Å². The predicted octanol–water partition coefficient (Wildman–Crippen LogP) is 1.38. The Bertz CT molecular complexity index is 830. The summed E-state index contributed by atoms with van der Waals surface area (Å²) in [5.41, 5.74) is -1.04.